The van der Waals surface area contributed by atoms with Gasteiger partial charge in [-0.05, 0) is 25.5 Å². The van der Waals surface area contributed by atoms with Gasteiger partial charge in [0.1, 0.15) is 5.75 Å². The summed E-state index contributed by atoms with van der Waals surface area (Å²) >= 11 is 0. The van der Waals surface area contributed by atoms with Crippen molar-refractivity contribution >= 4 is 11.6 Å². The van der Waals surface area contributed by atoms with Crippen molar-refractivity contribution in [2.75, 3.05) is 19.0 Å². The summed E-state index contributed by atoms with van der Waals surface area (Å²) < 4.78 is 5.21. The summed E-state index contributed by atoms with van der Waals surface area (Å²) in [6, 6.07) is 7.79. The molecule has 2 N–H and O–H groups in total. The van der Waals surface area contributed by atoms with Gasteiger partial charge < -0.3 is 15.4 Å². The SMILES string of the molecule is CCCCCCC(C)NCC(=O)Nc1ccccc1OC. The van der Waals surface area contributed by atoms with Crippen LogP contribution < -0.4 is 15.4 Å². The summed E-state index contributed by atoms with van der Waals surface area (Å²) in [6.07, 6.45) is 6.15. The second kappa shape index (κ2) is 10.2. The highest BCUT2D eigenvalue weighted by Gasteiger charge is 2.08. The van der Waals surface area contributed by atoms with Crippen LogP contribution in [0.15, 0.2) is 24.3 Å². The lowest BCUT2D eigenvalue weighted by atomic mass is 10.1. The quantitative estimate of drug-likeness (QED) is 0.648. The number of carbonyl (C=O) groups is 1. The fourth-order valence-corrected chi connectivity index (χ4v) is 2.19. The van der Waals surface area contributed by atoms with Crippen LogP contribution in [0.25, 0.3) is 0 Å². The van der Waals surface area contributed by atoms with Gasteiger partial charge in [0.15, 0.2) is 0 Å². The Bertz CT molecular complexity index is 421. The molecule has 0 fully saturated rings. The fraction of sp³-hybridized carbons (Fsp3) is 0.588. The third kappa shape index (κ3) is 7.14. The van der Waals surface area contributed by atoms with Crippen LogP contribution in [0.1, 0.15) is 46.0 Å². The van der Waals surface area contributed by atoms with Crippen molar-refractivity contribution in [3.05, 3.63) is 24.3 Å². The van der Waals surface area contributed by atoms with E-state index in [1.54, 1.807) is 7.11 Å². The van der Waals surface area contributed by atoms with Crippen LogP contribution in [0.4, 0.5) is 5.69 Å². The highest BCUT2D eigenvalue weighted by atomic mass is 16.5. The van der Waals surface area contributed by atoms with Crippen LogP contribution in [-0.4, -0.2) is 25.6 Å². The van der Waals surface area contributed by atoms with Crippen LogP contribution in [0.5, 0.6) is 5.75 Å². The van der Waals surface area contributed by atoms with E-state index in [-0.39, 0.29) is 5.91 Å². The number of hydrogen-bond donors (Lipinski definition) is 2. The molecular weight excluding hydrogens is 264 g/mol. The number of rotatable bonds is 10. The molecule has 1 aromatic carbocycles. The van der Waals surface area contributed by atoms with E-state index < -0.39 is 0 Å². The van der Waals surface area contributed by atoms with Gasteiger partial charge >= 0.3 is 0 Å². The molecule has 0 saturated carbocycles. The summed E-state index contributed by atoms with van der Waals surface area (Å²) in [5.41, 5.74) is 0.711. The Balaban J connectivity index is 2.27. The van der Waals surface area contributed by atoms with Crippen molar-refractivity contribution in [3.8, 4) is 5.75 Å². The Labute approximate surface area is 128 Å². The van der Waals surface area contributed by atoms with Gasteiger partial charge in [0.05, 0.1) is 19.3 Å². The Kier molecular flexibility index (Phi) is 8.51. The van der Waals surface area contributed by atoms with Gasteiger partial charge in [0.2, 0.25) is 5.91 Å². The molecule has 1 amide bonds. The van der Waals surface area contributed by atoms with Crippen LogP contribution in [-0.2, 0) is 4.79 Å². The fourth-order valence-electron chi connectivity index (χ4n) is 2.19. The van der Waals surface area contributed by atoms with Crippen molar-refractivity contribution in [1.29, 1.82) is 0 Å². The van der Waals surface area contributed by atoms with Crippen molar-refractivity contribution in [3.63, 3.8) is 0 Å². The largest absolute Gasteiger partial charge is 0.495 e. The third-order valence-corrected chi connectivity index (χ3v) is 3.48. The predicted octanol–water partition coefficient (Wildman–Crippen LogP) is 3.58. The average molecular weight is 292 g/mol. The molecule has 0 bridgehead atoms. The van der Waals surface area contributed by atoms with Gasteiger partial charge in [-0.2, -0.15) is 0 Å². The zero-order valence-corrected chi connectivity index (χ0v) is 13.4. The van der Waals surface area contributed by atoms with E-state index >= 15 is 0 Å². The van der Waals surface area contributed by atoms with Crippen molar-refractivity contribution < 1.29 is 9.53 Å². The zero-order chi connectivity index (χ0) is 15.5. The molecule has 0 aliphatic carbocycles. The number of hydrogen-bond acceptors (Lipinski definition) is 3. The van der Waals surface area contributed by atoms with E-state index in [0.29, 0.717) is 24.0 Å². The number of methoxy groups -OCH3 is 1. The Morgan fingerprint density at radius 3 is 2.71 bits per heavy atom. The summed E-state index contributed by atoms with van der Waals surface area (Å²) in [5, 5.41) is 6.13. The minimum atomic E-state index is -0.0418. The summed E-state index contributed by atoms with van der Waals surface area (Å²) in [6.45, 7) is 4.67. The van der Waals surface area contributed by atoms with E-state index in [2.05, 4.69) is 24.5 Å². The molecule has 1 aromatic rings. The molecule has 0 saturated heterocycles. The Morgan fingerprint density at radius 2 is 2.00 bits per heavy atom. The minimum absolute atomic E-state index is 0.0418. The highest BCUT2D eigenvalue weighted by molar-refractivity contribution is 5.93. The van der Waals surface area contributed by atoms with Gasteiger partial charge in [-0.3, -0.25) is 4.79 Å². The molecule has 1 rings (SSSR count). The summed E-state index contributed by atoms with van der Waals surface area (Å²) in [5.74, 6) is 0.637. The zero-order valence-electron chi connectivity index (χ0n) is 13.4. The first kappa shape index (κ1) is 17.5. The first-order valence-corrected chi connectivity index (χ1v) is 7.83. The van der Waals surface area contributed by atoms with Crippen LogP contribution in [0, 0.1) is 0 Å². The molecule has 4 nitrogen and oxygen atoms in total. The maximum Gasteiger partial charge on any atom is 0.238 e. The number of para-hydroxylation sites is 2. The number of ether oxygens (including phenoxy) is 1. The number of unbranched alkanes of at least 4 members (excludes halogenated alkanes) is 3. The number of benzene rings is 1. The van der Waals surface area contributed by atoms with E-state index in [9.17, 15) is 4.79 Å². The second-order valence-electron chi connectivity index (χ2n) is 5.38. The van der Waals surface area contributed by atoms with Gasteiger partial charge in [-0.25, -0.2) is 0 Å². The maximum absolute atomic E-state index is 11.9. The Hall–Kier alpha value is -1.55. The molecule has 1 atom stereocenters. The number of amides is 1. The second-order valence-corrected chi connectivity index (χ2v) is 5.38. The van der Waals surface area contributed by atoms with Crippen LogP contribution in [0.2, 0.25) is 0 Å². The first-order chi connectivity index (χ1) is 10.2. The molecule has 0 aliphatic heterocycles. The standard InChI is InChI=1S/C17H28N2O2/c1-4-5-6-7-10-14(2)18-13-17(20)19-15-11-8-9-12-16(15)21-3/h8-9,11-12,14,18H,4-7,10,13H2,1-3H3,(H,19,20). The topological polar surface area (TPSA) is 50.4 Å². The first-order valence-electron chi connectivity index (χ1n) is 7.83. The Morgan fingerprint density at radius 1 is 1.24 bits per heavy atom. The predicted molar refractivity (Wildman–Crippen MR) is 87.8 cm³/mol. The molecule has 0 spiro atoms. The summed E-state index contributed by atoms with van der Waals surface area (Å²) in [7, 11) is 1.60. The lowest BCUT2D eigenvalue weighted by Crippen LogP contribution is -2.34. The maximum atomic E-state index is 11.9. The third-order valence-electron chi connectivity index (χ3n) is 3.48. The van der Waals surface area contributed by atoms with E-state index in [1.165, 1.54) is 25.7 Å². The number of anilines is 1. The molecule has 0 aromatic heterocycles. The number of nitrogens with one attached hydrogen (secondary N) is 2. The highest BCUT2D eigenvalue weighted by Crippen LogP contribution is 2.22. The van der Waals surface area contributed by atoms with Crippen molar-refractivity contribution in [1.82, 2.24) is 5.32 Å². The minimum Gasteiger partial charge on any atom is -0.495 e. The van der Waals surface area contributed by atoms with Crippen molar-refractivity contribution in [2.45, 2.75) is 52.0 Å². The molecule has 4 heteroatoms. The van der Waals surface area contributed by atoms with Gasteiger partial charge in [-0.15, -0.1) is 0 Å². The van der Waals surface area contributed by atoms with Crippen LogP contribution in [0.3, 0.4) is 0 Å². The average Bonchev–Trinajstić information content (AvgIpc) is 2.50. The molecule has 0 radical (unpaired) electrons. The molecule has 0 aliphatic rings. The monoisotopic (exact) mass is 292 g/mol. The molecule has 0 heterocycles. The van der Waals surface area contributed by atoms with E-state index in [4.69, 9.17) is 4.74 Å². The summed E-state index contributed by atoms with van der Waals surface area (Å²) in [4.78, 5) is 11.9. The van der Waals surface area contributed by atoms with E-state index in [1.807, 2.05) is 24.3 Å². The lowest BCUT2D eigenvalue weighted by molar-refractivity contribution is -0.115. The molecule has 118 valence electrons. The molecule has 21 heavy (non-hydrogen) atoms. The normalized spacial score (nSPS) is 12.0. The van der Waals surface area contributed by atoms with Crippen LogP contribution >= 0.6 is 0 Å². The van der Waals surface area contributed by atoms with Gasteiger partial charge in [0, 0.05) is 6.04 Å². The van der Waals surface area contributed by atoms with Crippen molar-refractivity contribution in [2.24, 2.45) is 0 Å². The number of carbonyl (C=O) groups excluding carboxylic acids is 1. The smallest absolute Gasteiger partial charge is 0.238 e. The van der Waals surface area contributed by atoms with E-state index in [0.717, 1.165) is 6.42 Å². The van der Waals surface area contributed by atoms with Gasteiger partial charge in [-0.1, -0.05) is 44.7 Å². The molecular formula is C17H28N2O2. The lowest BCUT2D eigenvalue weighted by Gasteiger charge is -2.14. The molecule has 1 unspecified atom stereocenters. The van der Waals surface area contributed by atoms with Gasteiger partial charge in [0.25, 0.3) is 0 Å².